The van der Waals surface area contributed by atoms with Crippen molar-refractivity contribution >= 4 is 5.97 Å². The standard InChI is InChI=1S/C17H25N3O2.C2H6/c1-2-22-16(21)8-11-20-12-9-17(14-18,10-13-20)19-15-6-4-3-5-7-15;1-2/h4,6-7,19H,2-3,5,8-13H2,1H3;1-2H3. The number of carbonyl (C=O) groups is 1. The van der Waals surface area contributed by atoms with E-state index in [1.807, 2.05) is 20.8 Å². The van der Waals surface area contributed by atoms with E-state index < -0.39 is 5.54 Å². The van der Waals surface area contributed by atoms with E-state index in [0.29, 0.717) is 19.6 Å². The maximum Gasteiger partial charge on any atom is 0.307 e. The highest BCUT2D eigenvalue weighted by molar-refractivity contribution is 5.69. The van der Waals surface area contributed by atoms with Crippen molar-refractivity contribution in [3.8, 4) is 6.07 Å². The molecule has 1 aliphatic carbocycles. The van der Waals surface area contributed by atoms with Crippen LogP contribution < -0.4 is 5.32 Å². The van der Waals surface area contributed by atoms with Gasteiger partial charge in [0.2, 0.25) is 0 Å². The Hall–Kier alpha value is -1.80. The summed E-state index contributed by atoms with van der Waals surface area (Å²) in [5.41, 5.74) is 0.585. The molecule has 0 saturated carbocycles. The minimum absolute atomic E-state index is 0.143. The third kappa shape index (κ3) is 6.37. The number of likely N-dealkylation sites (tertiary alicyclic amines) is 1. The molecule has 5 heteroatoms. The fraction of sp³-hybridized carbons (Fsp3) is 0.684. The van der Waals surface area contributed by atoms with E-state index in [0.717, 1.165) is 44.5 Å². The number of allylic oxidation sites excluding steroid dienone is 3. The van der Waals surface area contributed by atoms with Crippen molar-refractivity contribution in [3.63, 3.8) is 0 Å². The highest BCUT2D eigenvalue weighted by Gasteiger charge is 2.35. The molecule has 0 aromatic carbocycles. The SMILES string of the molecule is CC.CCOC(=O)CCN1CCC(C#N)(NC2=CCCC=C2)CC1. The Morgan fingerprint density at radius 3 is 2.62 bits per heavy atom. The number of nitrogens with zero attached hydrogens (tertiary/aromatic N) is 2. The van der Waals surface area contributed by atoms with E-state index in [4.69, 9.17) is 4.74 Å². The topological polar surface area (TPSA) is 65.4 Å². The van der Waals surface area contributed by atoms with E-state index in [-0.39, 0.29) is 5.97 Å². The lowest BCUT2D eigenvalue weighted by Crippen LogP contribution is -2.52. The first-order chi connectivity index (χ1) is 11.7. The van der Waals surface area contributed by atoms with Crippen molar-refractivity contribution in [2.24, 2.45) is 0 Å². The van der Waals surface area contributed by atoms with E-state index >= 15 is 0 Å². The molecule has 0 aromatic rings. The fourth-order valence-electron chi connectivity index (χ4n) is 2.89. The van der Waals surface area contributed by atoms with Gasteiger partial charge in [-0.3, -0.25) is 4.79 Å². The highest BCUT2D eigenvalue weighted by Crippen LogP contribution is 2.24. The number of rotatable bonds is 6. The molecule has 1 saturated heterocycles. The third-order valence-corrected chi connectivity index (χ3v) is 4.24. The van der Waals surface area contributed by atoms with Gasteiger partial charge in [0.25, 0.3) is 0 Å². The van der Waals surface area contributed by atoms with Crippen molar-refractivity contribution in [2.75, 3.05) is 26.2 Å². The molecule has 1 aliphatic heterocycles. The van der Waals surface area contributed by atoms with Crippen molar-refractivity contribution in [2.45, 2.75) is 58.4 Å². The summed E-state index contributed by atoms with van der Waals surface area (Å²) in [7, 11) is 0. The smallest absolute Gasteiger partial charge is 0.307 e. The summed E-state index contributed by atoms with van der Waals surface area (Å²) in [6, 6.07) is 2.47. The van der Waals surface area contributed by atoms with Gasteiger partial charge in [0.05, 0.1) is 19.1 Å². The molecule has 0 spiro atoms. The second kappa shape index (κ2) is 10.9. The Labute approximate surface area is 146 Å². The van der Waals surface area contributed by atoms with Crippen molar-refractivity contribution in [1.29, 1.82) is 5.26 Å². The van der Waals surface area contributed by atoms with E-state index in [1.54, 1.807) is 0 Å². The number of carbonyl (C=O) groups excluding carboxylic acids is 1. The van der Waals surface area contributed by atoms with Crippen LogP contribution in [0.15, 0.2) is 23.9 Å². The first kappa shape index (κ1) is 20.2. The molecule has 0 atom stereocenters. The van der Waals surface area contributed by atoms with Gasteiger partial charge in [-0.15, -0.1) is 0 Å². The number of hydrogen-bond donors (Lipinski definition) is 1. The minimum atomic E-state index is -0.478. The highest BCUT2D eigenvalue weighted by atomic mass is 16.5. The number of ether oxygens (including phenoxy) is 1. The lowest BCUT2D eigenvalue weighted by Gasteiger charge is -2.38. The number of hydrogen-bond acceptors (Lipinski definition) is 5. The van der Waals surface area contributed by atoms with Crippen molar-refractivity contribution in [3.05, 3.63) is 23.9 Å². The minimum Gasteiger partial charge on any atom is -0.466 e. The molecule has 0 radical (unpaired) electrons. The van der Waals surface area contributed by atoms with Crippen LogP contribution in [0.25, 0.3) is 0 Å². The molecule has 1 N–H and O–H groups in total. The molecule has 2 aliphatic rings. The second-order valence-electron chi connectivity index (χ2n) is 5.85. The van der Waals surface area contributed by atoms with E-state index in [2.05, 4.69) is 34.5 Å². The van der Waals surface area contributed by atoms with Crippen LogP contribution >= 0.6 is 0 Å². The molecule has 0 aromatic heterocycles. The van der Waals surface area contributed by atoms with Gasteiger partial charge < -0.3 is 15.0 Å². The predicted molar refractivity (Wildman–Crippen MR) is 96.2 cm³/mol. The van der Waals surface area contributed by atoms with Crippen LogP contribution in [0.4, 0.5) is 0 Å². The third-order valence-electron chi connectivity index (χ3n) is 4.24. The Morgan fingerprint density at radius 2 is 2.08 bits per heavy atom. The first-order valence-corrected chi connectivity index (χ1v) is 9.11. The fourth-order valence-corrected chi connectivity index (χ4v) is 2.89. The molecule has 1 heterocycles. The van der Waals surface area contributed by atoms with E-state index in [1.165, 1.54) is 0 Å². The molecular weight excluding hydrogens is 302 g/mol. The maximum absolute atomic E-state index is 11.4. The number of nitriles is 1. The van der Waals surface area contributed by atoms with Gasteiger partial charge >= 0.3 is 5.97 Å². The molecule has 0 unspecified atom stereocenters. The Balaban J connectivity index is 0.00000139. The van der Waals surface area contributed by atoms with Gasteiger partial charge in [-0.05, 0) is 38.7 Å². The molecule has 1 fully saturated rings. The van der Waals surface area contributed by atoms with Crippen LogP contribution in [0, 0.1) is 11.3 Å². The van der Waals surface area contributed by atoms with Gasteiger partial charge in [0, 0.05) is 25.3 Å². The van der Waals surface area contributed by atoms with Crippen LogP contribution in [0.3, 0.4) is 0 Å². The lowest BCUT2D eigenvalue weighted by molar-refractivity contribution is -0.143. The van der Waals surface area contributed by atoms with Crippen LogP contribution in [0.1, 0.15) is 52.9 Å². The molecular formula is C19H31N3O2. The summed E-state index contributed by atoms with van der Waals surface area (Å²) >= 11 is 0. The Morgan fingerprint density at radius 1 is 1.38 bits per heavy atom. The second-order valence-corrected chi connectivity index (χ2v) is 5.85. The van der Waals surface area contributed by atoms with Crippen LogP contribution in [0.2, 0.25) is 0 Å². The molecule has 0 amide bonds. The summed E-state index contributed by atoms with van der Waals surface area (Å²) in [6.45, 7) is 8.62. The summed E-state index contributed by atoms with van der Waals surface area (Å²) in [5, 5.41) is 13.0. The number of nitrogens with one attached hydrogen (secondary N) is 1. The van der Waals surface area contributed by atoms with Crippen molar-refractivity contribution < 1.29 is 9.53 Å². The van der Waals surface area contributed by atoms with Crippen molar-refractivity contribution in [1.82, 2.24) is 10.2 Å². The van der Waals surface area contributed by atoms with E-state index in [9.17, 15) is 10.1 Å². The van der Waals surface area contributed by atoms with Gasteiger partial charge in [0.1, 0.15) is 5.54 Å². The maximum atomic E-state index is 11.4. The van der Waals surface area contributed by atoms with Crippen LogP contribution in [-0.4, -0.2) is 42.6 Å². The summed E-state index contributed by atoms with van der Waals surface area (Å²) in [4.78, 5) is 13.6. The van der Waals surface area contributed by atoms with Gasteiger partial charge in [-0.1, -0.05) is 26.0 Å². The molecule has 2 rings (SSSR count). The predicted octanol–water partition coefficient (Wildman–Crippen LogP) is 3.15. The number of piperidine rings is 1. The summed E-state index contributed by atoms with van der Waals surface area (Å²) in [6.07, 6.45) is 10.5. The quantitative estimate of drug-likeness (QED) is 0.757. The Kier molecular flexibility index (Phi) is 9.18. The number of esters is 1. The summed E-state index contributed by atoms with van der Waals surface area (Å²) in [5.74, 6) is -0.143. The average Bonchev–Trinajstić information content (AvgIpc) is 2.64. The van der Waals surface area contributed by atoms with Crippen LogP contribution in [0.5, 0.6) is 0 Å². The Bertz CT molecular complexity index is 483. The monoisotopic (exact) mass is 333 g/mol. The molecule has 24 heavy (non-hydrogen) atoms. The zero-order valence-corrected chi connectivity index (χ0v) is 15.3. The zero-order valence-electron chi connectivity index (χ0n) is 15.3. The zero-order chi connectivity index (χ0) is 17.8. The lowest BCUT2D eigenvalue weighted by atomic mass is 9.88. The summed E-state index contributed by atoms with van der Waals surface area (Å²) < 4.78 is 4.95. The van der Waals surface area contributed by atoms with Gasteiger partial charge in [0.15, 0.2) is 0 Å². The molecule has 134 valence electrons. The molecule has 0 bridgehead atoms. The average molecular weight is 333 g/mol. The first-order valence-electron chi connectivity index (χ1n) is 9.11. The normalized spacial score (nSPS) is 19.3. The van der Waals surface area contributed by atoms with Gasteiger partial charge in [-0.2, -0.15) is 5.26 Å². The van der Waals surface area contributed by atoms with Crippen LogP contribution in [-0.2, 0) is 9.53 Å². The van der Waals surface area contributed by atoms with Gasteiger partial charge in [-0.25, -0.2) is 0 Å². The largest absolute Gasteiger partial charge is 0.466 e. The molecule has 5 nitrogen and oxygen atoms in total.